The summed E-state index contributed by atoms with van der Waals surface area (Å²) >= 11 is 0. The van der Waals surface area contributed by atoms with Crippen LogP contribution in [0, 0.1) is 17.5 Å². The molecule has 0 unspecified atom stereocenters. The van der Waals surface area contributed by atoms with Crippen molar-refractivity contribution in [2.75, 3.05) is 12.4 Å². The first-order chi connectivity index (χ1) is 11.9. The molecule has 0 heterocycles. The van der Waals surface area contributed by atoms with Crippen LogP contribution in [0.25, 0.3) is 0 Å². The summed E-state index contributed by atoms with van der Waals surface area (Å²) in [5.41, 5.74) is 0.136. The molecule has 1 atom stereocenters. The van der Waals surface area contributed by atoms with Gasteiger partial charge >= 0.3 is 0 Å². The molecule has 0 aromatic heterocycles. The number of nitrogens with zero attached hydrogens (tertiary/aromatic N) is 1. The van der Waals surface area contributed by atoms with Crippen molar-refractivity contribution < 1.29 is 27.5 Å². The van der Waals surface area contributed by atoms with Crippen LogP contribution < -0.4 is 10.1 Å². The maximum absolute atomic E-state index is 13.5. The van der Waals surface area contributed by atoms with Crippen LogP contribution in [0.15, 0.2) is 41.6 Å². The molecule has 0 aliphatic carbocycles. The number of halogens is 3. The molecular weight excluding hydrogens is 337 g/mol. The number of amides is 1. The molecule has 2 aromatic rings. The molecule has 25 heavy (non-hydrogen) atoms. The van der Waals surface area contributed by atoms with E-state index in [0.717, 1.165) is 6.07 Å². The average Bonchev–Trinajstić information content (AvgIpc) is 2.62. The predicted octanol–water partition coefficient (Wildman–Crippen LogP) is 3.49. The molecule has 1 N–H and O–H groups in total. The molecule has 0 bridgehead atoms. The smallest absolute Gasteiger partial charge is 0.268 e. The van der Waals surface area contributed by atoms with Crippen LogP contribution in [0.4, 0.5) is 18.9 Å². The summed E-state index contributed by atoms with van der Waals surface area (Å²) in [7, 11) is 1.50. The van der Waals surface area contributed by atoms with Gasteiger partial charge in [0.05, 0.1) is 19.0 Å². The Morgan fingerprint density at radius 1 is 1.16 bits per heavy atom. The van der Waals surface area contributed by atoms with Crippen LogP contribution in [0.5, 0.6) is 5.75 Å². The predicted molar refractivity (Wildman–Crippen MR) is 86.1 cm³/mol. The van der Waals surface area contributed by atoms with E-state index in [1.807, 2.05) is 0 Å². The van der Waals surface area contributed by atoms with E-state index >= 15 is 0 Å². The normalized spacial score (nSPS) is 12.0. The van der Waals surface area contributed by atoms with E-state index < -0.39 is 35.2 Å². The van der Waals surface area contributed by atoms with Gasteiger partial charge in [-0.15, -0.1) is 0 Å². The number of carbonyl (C=O) groups is 1. The number of para-hydroxylation sites is 1. The Hall–Kier alpha value is -3.03. The van der Waals surface area contributed by atoms with Crippen molar-refractivity contribution in [3.8, 4) is 5.75 Å². The van der Waals surface area contributed by atoms with Gasteiger partial charge in [-0.3, -0.25) is 4.79 Å². The van der Waals surface area contributed by atoms with Crippen molar-refractivity contribution in [1.29, 1.82) is 0 Å². The van der Waals surface area contributed by atoms with Crippen molar-refractivity contribution in [1.82, 2.24) is 0 Å². The van der Waals surface area contributed by atoms with E-state index in [0.29, 0.717) is 17.4 Å². The van der Waals surface area contributed by atoms with Gasteiger partial charge in [0.25, 0.3) is 5.91 Å². The summed E-state index contributed by atoms with van der Waals surface area (Å²) in [6, 6.07) is 8.63. The number of methoxy groups -OCH3 is 1. The number of anilines is 1. The minimum absolute atomic E-state index is 0.493. The molecule has 2 aromatic carbocycles. The maximum Gasteiger partial charge on any atom is 0.268 e. The van der Waals surface area contributed by atoms with Gasteiger partial charge in [0, 0.05) is 5.56 Å². The maximum atomic E-state index is 13.5. The topological polar surface area (TPSA) is 59.9 Å². The molecule has 132 valence electrons. The summed E-state index contributed by atoms with van der Waals surface area (Å²) in [4.78, 5) is 16.9. The number of nitrogens with one attached hydrogen (secondary N) is 1. The van der Waals surface area contributed by atoms with Gasteiger partial charge in [-0.05, 0) is 31.2 Å². The lowest BCUT2D eigenvalue weighted by Gasteiger charge is -2.11. The Morgan fingerprint density at radius 3 is 2.60 bits per heavy atom. The Bertz CT molecular complexity index is 797. The lowest BCUT2D eigenvalue weighted by atomic mass is 10.2. The Balaban J connectivity index is 1.99. The standard InChI is InChI=1S/C17H15F3N2O3/c1-10(25-21-9-11-5-3-4-6-14(11)24-2)17(23)22-13-8-7-12(18)15(19)16(13)20/h3-10H,1-2H3,(H,22,23)/b21-9-/t10-/m0/s1. The summed E-state index contributed by atoms with van der Waals surface area (Å²) < 4.78 is 44.7. The van der Waals surface area contributed by atoms with E-state index in [9.17, 15) is 18.0 Å². The Morgan fingerprint density at radius 2 is 1.88 bits per heavy atom. The highest BCUT2D eigenvalue weighted by atomic mass is 19.2. The fourth-order valence-corrected chi connectivity index (χ4v) is 1.86. The van der Waals surface area contributed by atoms with E-state index in [1.54, 1.807) is 24.3 Å². The molecule has 1 amide bonds. The van der Waals surface area contributed by atoms with Crippen molar-refractivity contribution >= 4 is 17.8 Å². The largest absolute Gasteiger partial charge is 0.496 e. The van der Waals surface area contributed by atoms with E-state index in [4.69, 9.17) is 9.57 Å². The molecule has 0 saturated carbocycles. The third-order valence-electron chi connectivity index (χ3n) is 3.21. The SMILES string of the molecule is COc1ccccc1/C=N\O[C@@H](C)C(=O)Nc1ccc(F)c(F)c1F. The molecule has 0 fully saturated rings. The van der Waals surface area contributed by atoms with Gasteiger partial charge in [-0.25, -0.2) is 13.2 Å². The summed E-state index contributed by atoms with van der Waals surface area (Å²) in [6.45, 7) is 1.37. The lowest BCUT2D eigenvalue weighted by molar-refractivity contribution is -0.126. The fourth-order valence-electron chi connectivity index (χ4n) is 1.86. The monoisotopic (exact) mass is 352 g/mol. The highest BCUT2D eigenvalue weighted by Gasteiger charge is 2.19. The van der Waals surface area contributed by atoms with Crippen molar-refractivity contribution in [3.63, 3.8) is 0 Å². The first kappa shape index (κ1) is 18.3. The van der Waals surface area contributed by atoms with Crippen molar-refractivity contribution in [2.24, 2.45) is 5.16 Å². The van der Waals surface area contributed by atoms with E-state index in [2.05, 4.69) is 10.5 Å². The zero-order chi connectivity index (χ0) is 18.4. The van der Waals surface area contributed by atoms with Crippen molar-refractivity contribution in [2.45, 2.75) is 13.0 Å². The van der Waals surface area contributed by atoms with Crippen LogP contribution in [0.1, 0.15) is 12.5 Å². The summed E-state index contributed by atoms with van der Waals surface area (Å²) in [6.07, 6.45) is 0.249. The van der Waals surface area contributed by atoms with E-state index in [-0.39, 0.29) is 0 Å². The van der Waals surface area contributed by atoms with Gasteiger partial charge in [0.1, 0.15) is 5.75 Å². The first-order valence-electron chi connectivity index (χ1n) is 7.20. The Kier molecular flexibility index (Phi) is 5.99. The third-order valence-corrected chi connectivity index (χ3v) is 3.21. The molecular formula is C17H15F3N2O3. The zero-order valence-corrected chi connectivity index (χ0v) is 13.4. The second-order valence-corrected chi connectivity index (χ2v) is 4.94. The lowest BCUT2D eigenvalue weighted by Crippen LogP contribution is -2.27. The highest BCUT2D eigenvalue weighted by Crippen LogP contribution is 2.20. The number of oxime groups is 1. The van der Waals surface area contributed by atoms with E-state index in [1.165, 1.54) is 20.2 Å². The number of hydrogen-bond donors (Lipinski definition) is 1. The third kappa shape index (κ3) is 4.50. The second-order valence-electron chi connectivity index (χ2n) is 4.94. The number of carbonyl (C=O) groups excluding carboxylic acids is 1. The van der Waals surface area contributed by atoms with Crippen LogP contribution in [0.2, 0.25) is 0 Å². The van der Waals surface area contributed by atoms with Crippen LogP contribution in [-0.2, 0) is 9.63 Å². The molecule has 2 rings (SSSR count). The second kappa shape index (κ2) is 8.18. The fraction of sp³-hybridized carbons (Fsp3) is 0.176. The van der Waals surface area contributed by atoms with Crippen LogP contribution in [0.3, 0.4) is 0 Å². The molecule has 5 nitrogen and oxygen atoms in total. The minimum Gasteiger partial charge on any atom is -0.496 e. The molecule has 0 aliphatic heterocycles. The average molecular weight is 352 g/mol. The molecule has 0 spiro atoms. The summed E-state index contributed by atoms with van der Waals surface area (Å²) in [5, 5.41) is 5.78. The van der Waals surface area contributed by atoms with Gasteiger partial charge in [0.15, 0.2) is 17.5 Å². The van der Waals surface area contributed by atoms with Gasteiger partial charge in [-0.2, -0.15) is 0 Å². The number of hydrogen-bond acceptors (Lipinski definition) is 4. The molecule has 0 saturated heterocycles. The minimum atomic E-state index is -1.67. The van der Waals surface area contributed by atoms with Gasteiger partial charge in [-0.1, -0.05) is 17.3 Å². The first-order valence-corrected chi connectivity index (χ1v) is 7.20. The summed E-state index contributed by atoms with van der Waals surface area (Å²) in [5.74, 6) is -4.71. The number of ether oxygens (including phenoxy) is 1. The van der Waals surface area contributed by atoms with Gasteiger partial charge in [0.2, 0.25) is 6.10 Å². The number of rotatable bonds is 6. The Labute approximate surface area is 142 Å². The van der Waals surface area contributed by atoms with Crippen LogP contribution >= 0.6 is 0 Å². The highest BCUT2D eigenvalue weighted by molar-refractivity contribution is 5.94. The molecule has 0 radical (unpaired) electrons. The van der Waals surface area contributed by atoms with Crippen molar-refractivity contribution in [3.05, 3.63) is 59.4 Å². The molecule has 8 heteroatoms. The number of benzene rings is 2. The molecule has 0 aliphatic rings. The van der Waals surface area contributed by atoms with Crippen LogP contribution in [-0.4, -0.2) is 25.3 Å². The zero-order valence-electron chi connectivity index (χ0n) is 13.4. The quantitative estimate of drug-likeness (QED) is 0.492. The van der Waals surface area contributed by atoms with Gasteiger partial charge < -0.3 is 14.9 Å².